The summed E-state index contributed by atoms with van der Waals surface area (Å²) in [5.41, 5.74) is 2.24. The molecule has 0 saturated carbocycles. The highest BCUT2D eigenvalue weighted by Gasteiger charge is 2.38. The third kappa shape index (κ3) is 8.83. The van der Waals surface area contributed by atoms with Gasteiger partial charge in [-0.3, -0.25) is 9.59 Å². The van der Waals surface area contributed by atoms with Gasteiger partial charge in [-0.15, -0.1) is 0 Å². The quantitative estimate of drug-likeness (QED) is 0.315. The Labute approximate surface area is 243 Å². The van der Waals surface area contributed by atoms with Crippen molar-refractivity contribution < 1.29 is 23.9 Å². The Kier molecular flexibility index (Phi) is 10.5. The van der Waals surface area contributed by atoms with Gasteiger partial charge in [0.25, 0.3) is 5.91 Å². The summed E-state index contributed by atoms with van der Waals surface area (Å²) < 4.78 is 10.7. The van der Waals surface area contributed by atoms with Gasteiger partial charge in [0.1, 0.15) is 23.4 Å². The van der Waals surface area contributed by atoms with Crippen LogP contribution in [-0.2, 0) is 20.7 Å². The number of hydrogen-bond donors (Lipinski definition) is 2. The van der Waals surface area contributed by atoms with Crippen LogP contribution < -0.4 is 15.4 Å². The number of amides is 3. The van der Waals surface area contributed by atoms with Gasteiger partial charge in [0.05, 0.1) is 7.11 Å². The highest BCUT2D eigenvalue weighted by atomic mass is 16.6. The number of alkyl carbamates (subject to hydrolysis) is 1. The number of carbonyl (C=O) groups excluding carboxylic acids is 3. The van der Waals surface area contributed by atoms with E-state index in [1.165, 1.54) is 0 Å². The third-order valence-corrected chi connectivity index (χ3v) is 6.45. The topological polar surface area (TPSA) is 97.0 Å². The Morgan fingerprint density at radius 2 is 1.49 bits per heavy atom. The van der Waals surface area contributed by atoms with Crippen molar-refractivity contribution in [2.75, 3.05) is 12.4 Å². The first-order valence-electron chi connectivity index (χ1n) is 13.8. The third-order valence-electron chi connectivity index (χ3n) is 6.45. The number of carbonyl (C=O) groups is 3. The Morgan fingerprint density at radius 3 is 2.05 bits per heavy atom. The molecular formula is C33H41N3O5. The van der Waals surface area contributed by atoms with E-state index in [-0.39, 0.29) is 18.4 Å². The van der Waals surface area contributed by atoms with Crippen LogP contribution in [0.4, 0.5) is 10.5 Å². The lowest BCUT2D eigenvalue weighted by Crippen LogP contribution is -2.55. The van der Waals surface area contributed by atoms with E-state index in [0.29, 0.717) is 17.0 Å². The first-order chi connectivity index (χ1) is 19.4. The van der Waals surface area contributed by atoms with Gasteiger partial charge < -0.3 is 25.0 Å². The monoisotopic (exact) mass is 559 g/mol. The summed E-state index contributed by atoms with van der Waals surface area (Å²) in [6, 6.07) is 21.6. The molecule has 8 heteroatoms. The van der Waals surface area contributed by atoms with Gasteiger partial charge >= 0.3 is 6.09 Å². The van der Waals surface area contributed by atoms with Crippen LogP contribution in [0.1, 0.15) is 57.4 Å². The molecule has 3 rings (SSSR count). The molecule has 2 unspecified atom stereocenters. The van der Waals surface area contributed by atoms with Crippen molar-refractivity contribution in [2.45, 2.75) is 71.7 Å². The highest BCUT2D eigenvalue weighted by Crippen LogP contribution is 2.29. The Hall–Kier alpha value is -4.33. The molecule has 0 heterocycles. The smallest absolute Gasteiger partial charge is 0.408 e. The fourth-order valence-electron chi connectivity index (χ4n) is 4.56. The SMILES string of the molecule is COc1ccc(NC(=O)C(c2ccccc2C)N(C(=O)C(Cc2ccccc2)NC(=O)OC(C)(C)C)C(C)C)cc1. The van der Waals surface area contributed by atoms with Crippen LogP contribution >= 0.6 is 0 Å². The average Bonchev–Trinajstić information content (AvgIpc) is 2.91. The predicted molar refractivity (Wildman–Crippen MR) is 161 cm³/mol. The minimum atomic E-state index is -0.977. The summed E-state index contributed by atoms with van der Waals surface area (Å²) in [7, 11) is 1.57. The largest absolute Gasteiger partial charge is 0.497 e. The lowest BCUT2D eigenvalue weighted by Gasteiger charge is -2.37. The molecule has 0 aliphatic heterocycles. The Bertz CT molecular complexity index is 1320. The second-order valence-electron chi connectivity index (χ2n) is 11.2. The number of benzene rings is 3. The Morgan fingerprint density at radius 1 is 0.878 bits per heavy atom. The van der Waals surface area contributed by atoms with Gasteiger partial charge in [-0.2, -0.15) is 0 Å². The van der Waals surface area contributed by atoms with Crippen molar-refractivity contribution in [3.05, 3.63) is 95.6 Å². The summed E-state index contributed by atoms with van der Waals surface area (Å²) in [4.78, 5) is 42.9. The second-order valence-corrected chi connectivity index (χ2v) is 11.2. The van der Waals surface area contributed by atoms with E-state index in [2.05, 4.69) is 10.6 Å². The van der Waals surface area contributed by atoms with E-state index in [0.717, 1.165) is 11.1 Å². The van der Waals surface area contributed by atoms with Gasteiger partial charge in [-0.25, -0.2) is 4.79 Å². The van der Waals surface area contributed by atoms with E-state index < -0.39 is 29.7 Å². The van der Waals surface area contributed by atoms with E-state index in [1.54, 1.807) is 57.0 Å². The zero-order valence-electron chi connectivity index (χ0n) is 24.9. The molecule has 0 aliphatic carbocycles. The van der Waals surface area contributed by atoms with Gasteiger partial charge in [-0.1, -0.05) is 54.6 Å². The number of aryl methyl sites for hydroxylation is 1. The van der Waals surface area contributed by atoms with E-state index in [9.17, 15) is 14.4 Å². The summed E-state index contributed by atoms with van der Waals surface area (Å²) >= 11 is 0. The highest BCUT2D eigenvalue weighted by molar-refractivity contribution is 5.99. The van der Waals surface area contributed by atoms with E-state index >= 15 is 0 Å². The maximum Gasteiger partial charge on any atom is 0.408 e. The summed E-state index contributed by atoms with van der Waals surface area (Å²) in [6.45, 7) is 10.9. The number of hydrogen-bond acceptors (Lipinski definition) is 5. The van der Waals surface area contributed by atoms with Crippen LogP contribution in [0, 0.1) is 6.92 Å². The van der Waals surface area contributed by atoms with Gasteiger partial charge in [0.2, 0.25) is 5.91 Å². The van der Waals surface area contributed by atoms with Crippen LogP contribution in [0.15, 0.2) is 78.9 Å². The van der Waals surface area contributed by atoms with Crippen molar-refractivity contribution in [3.63, 3.8) is 0 Å². The van der Waals surface area contributed by atoms with Gasteiger partial charge in [-0.05, 0) is 82.5 Å². The first-order valence-corrected chi connectivity index (χ1v) is 13.8. The molecule has 8 nitrogen and oxygen atoms in total. The number of ether oxygens (including phenoxy) is 2. The van der Waals surface area contributed by atoms with Gasteiger partial charge in [0.15, 0.2) is 0 Å². The molecule has 0 aromatic heterocycles. The molecule has 41 heavy (non-hydrogen) atoms. The zero-order valence-corrected chi connectivity index (χ0v) is 24.9. The van der Waals surface area contributed by atoms with Gasteiger partial charge in [0, 0.05) is 18.2 Å². The number of nitrogens with zero attached hydrogens (tertiary/aromatic N) is 1. The molecule has 3 amide bonds. The molecule has 0 radical (unpaired) electrons. The number of methoxy groups -OCH3 is 1. The molecule has 0 bridgehead atoms. The Balaban J connectivity index is 2.04. The maximum atomic E-state index is 14.4. The lowest BCUT2D eigenvalue weighted by atomic mass is 9.96. The predicted octanol–water partition coefficient (Wildman–Crippen LogP) is 6.06. The fraction of sp³-hybridized carbons (Fsp3) is 0.364. The number of nitrogens with one attached hydrogen (secondary N) is 2. The van der Waals surface area contributed by atoms with Crippen molar-refractivity contribution in [3.8, 4) is 5.75 Å². The first kappa shape index (κ1) is 31.2. The van der Waals surface area contributed by atoms with Crippen LogP contribution in [0.3, 0.4) is 0 Å². The normalized spacial score (nSPS) is 12.7. The van der Waals surface area contributed by atoms with Crippen LogP contribution in [0.5, 0.6) is 5.75 Å². The summed E-state index contributed by atoms with van der Waals surface area (Å²) in [5, 5.41) is 5.75. The number of anilines is 1. The zero-order chi connectivity index (χ0) is 30.2. The summed E-state index contributed by atoms with van der Waals surface area (Å²) in [5.74, 6) is -0.107. The fourth-order valence-corrected chi connectivity index (χ4v) is 4.56. The molecule has 2 N–H and O–H groups in total. The molecule has 218 valence electrons. The van der Waals surface area contributed by atoms with E-state index in [1.807, 2.05) is 75.4 Å². The molecule has 0 aliphatic rings. The molecule has 3 aromatic rings. The van der Waals surface area contributed by atoms with E-state index in [4.69, 9.17) is 9.47 Å². The average molecular weight is 560 g/mol. The van der Waals surface area contributed by atoms with Crippen molar-refractivity contribution in [2.24, 2.45) is 0 Å². The second kappa shape index (κ2) is 13.8. The van der Waals surface area contributed by atoms with Crippen LogP contribution in [0.2, 0.25) is 0 Å². The molecule has 2 atom stereocenters. The van der Waals surface area contributed by atoms with Crippen molar-refractivity contribution >= 4 is 23.6 Å². The molecule has 0 fully saturated rings. The maximum absolute atomic E-state index is 14.4. The molecular weight excluding hydrogens is 518 g/mol. The van der Waals surface area contributed by atoms with Crippen molar-refractivity contribution in [1.82, 2.24) is 10.2 Å². The van der Waals surface area contributed by atoms with Crippen molar-refractivity contribution in [1.29, 1.82) is 0 Å². The summed E-state index contributed by atoms with van der Waals surface area (Å²) in [6.07, 6.45) is -0.478. The molecule has 0 saturated heterocycles. The standard InChI is InChI=1S/C33H41N3O5/c1-22(2)36(31(38)28(21-24-14-9-8-10-15-24)35-32(39)41-33(4,5)6)29(27-16-12-11-13-23(27)3)30(37)34-25-17-19-26(40-7)20-18-25/h8-20,22,28-29H,21H2,1-7H3,(H,34,37)(H,35,39). The van der Waals surface area contributed by atoms with Crippen LogP contribution in [0.25, 0.3) is 0 Å². The molecule has 3 aromatic carbocycles. The van der Waals surface area contributed by atoms with Crippen LogP contribution in [-0.4, -0.2) is 47.6 Å². The minimum Gasteiger partial charge on any atom is -0.497 e. The minimum absolute atomic E-state index is 0.225. The molecule has 0 spiro atoms. The lowest BCUT2D eigenvalue weighted by molar-refractivity contribution is -0.142. The number of rotatable bonds is 10.